The van der Waals surface area contributed by atoms with Crippen LogP contribution >= 0.6 is 11.8 Å². The summed E-state index contributed by atoms with van der Waals surface area (Å²) >= 11 is 1.89. The SMILES string of the molecule is CCSCCC(O)C(C)(C)C. The van der Waals surface area contributed by atoms with E-state index < -0.39 is 0 Å². The molecule has 0 radical (unpaired) electrons. The van der Waals surface area contributed by atoms with Crippen LogP contribution < -0.4 is 0 Å². The standard InChI is InChI=1S/C9H20OS/c1-5-11-7-6-8(10)9(2,3)4/h8,10H,5-7H2,1-4H3. The Morgan fingerprint density at radius 3 is 2.27 bits per heavy atom. The van der Waals surface area contributed by atoms with Gasteiger partial charge in [0.25, 0.3) is 0 Å². The van der Waals surface area contributed by atoms with Crippen LogP contribution in [0.1, 0.15) is 34.1 Å². The van der Waals surface area contributed by atoms with E-state index in [-0.39, 0.29) is 11.5 Å². The Morgan fingerprint density at radius 1 is 1.36 bits per heavy atom. The van der Waals surface area contributed by atoms with E-state index in [4.69, 9.17) is 0 Å². The fourth-order valence-corrected chi connectivity index (χ4v) is 1.45. The molecule has 0 heterocycles. The molecule has 1 N–H and O–H groups in total. The van der Waals surface area contributed by atoms with Crippen LogP contribution in [0.4, 0.5) is 0 Å². The minimum atomic E-state index is -0.151. The lowest BCUT2D eigenvalue weighted by atomic mass is 9.88. The Hall–Kier alpha value is 0.310. The summed E-state index contributed by atoms with van der Waals surface area (Å²) < 4.78 is 0. The first-order chi connectivity index (χ1) is 4.98. The molecule has 0 aliphatic carbocycles. The molecule has 0 bridgehead atoms. The second-order valence-electron chi connectivity index (χ2n) is 3.87. The molecule has 0 aromatic rings. The summed E-state index contributed by atoms with van der Waals surface area (Å²) in [7, 11) is 0. The van der Waals surface area contributed by atoms with Gasteiger partial charge in [-0.1, -0.05) is 27.7 Å². The van der Waals surface area contributed by atoms with Gasteiger partial charge in [0.2, 0.25) is 0 Å². The Kier molecular flexibility index (Phi) is 5.19. The van der Waals surface area contributed by atoms with Crippen molar-refractivity contribution in [1.82, 2.24) is 0 Å². The summed E-state index contributed by atoms with van der Waals surface area (Å²) in [4.78, 5) is 0. The largest absolute Gasteiger partial charge is 0.393 e. The van der Waals surface area contributed by atoms with E-state index in [9.17, 15) is 5.11 Å². The van der Waals surface area contributed by atoms with Gasteiger partial charge in [0.1, 0.15) is 0 Å². The first kappa shape index (κ1) is 11.3. The van der Waals surface area contributed by atoms with Crippen LogP contribution in [0.5, 0.6) is 0 Å². The zero-order valence-electron chi connectivity index (χ0n) is 8.05. The van der Waals surface area contributed by atoms with E-state index in [0.29, 0.717) is 0 Å². The summed E-state index contributed by atoms with van der Waals surface area (Å²) in [5.74, 6) is 2.23. The van der Waals surface area contributed by atoms with Crippen LogP contribution in [-0.4, -0.2) is 22.7 Å². The molecule has 0 spiro atoms. The quantitative estimate of drug-likeness (QED) is 0.664. The summed E-state index contributed by atoms with van der Waals surface area (Å²) in [6.45, 7) is 8.38. The van der Waals surface area contributed by atoms with Gasteiger partial charge in [0, 0.05) is 0 Å². The highest BCUT2D eigenvalue weighted by Gasteiger charge is 2.20. The third-order valence-corrected chi connectivity index (χ3v) is 2.67. The predicted molar refractivity (Wildman–Crippen MR) is 53.1 cm³/mol. The molecule has 0 amide bonds. The van der Waals surface area contributed by atoms with Crippen molar-refractivity contribution in [2.24, 2.45) is 5.41 Å². The minimum Gasteiger partial charge on any atom is -0.393 e. The topological polar surface area (TPSA) is 20.2 Å². The molecular weight excluding hydrogens is 156 g/mol. The van der Waals surface area contributed by atoms with Gasteiger partial charge in [0.15, 0.2) is 0 Å². The van der Waals surface area contributed by atoms with E-state index in [1.54, 1.807) is 0 Å². The zero-order valence-corrected chi connectivity index (χ0v) is 8.87. The lowest BCUT2D eigenvalue weighted by molar-refractivity contribution is 0.0610. The first-order valence-corrected chi connectivity index (χ1v) is 5.39. The molecule has 2 heteroatoms. The molecule has 0 aliphatic rings. The van der Waals surface area contributed by atoms with Crippen LogP contribution in [0.15, 0.2) is 0 Å². The van der Waals surface area contributed by atoms with E-state index in [1.807, 2.05) is 11.8 Å². The van der Waals surface area contributed by atoms with Crippen molar-refractivity contribution in [2.75, 3.05) is 11.5 Å². The maximum Gasteiger partial charge on any atom is 0.0596 e. The molecule has 1 nitrogen and oxygen atoms in total. The summed E-state index contributed by atoms with van der Waals surface area (Å²) in [5, 5.41) is 9.60. The van der Waals surface area contributed by atoms with Crippen molar-refractivity contribution in [3.05, 3.63) is 0 Å². The number of thioether (sulfide) groups is 1. The van der Waals surface area contributed by atoms with Gasteiger partial charge in [-0.2, -0.15) is 11.8 Å². The summed E-state index contributed by atoms with van der Waals surface area (Å²) in [6.07, 6.45) is 0.767. The van der Waals surface area contributed by atoms with Gasteiger partial charge in [-0.25, -0.2) is 0 Å². The highest BCUT2D eigenvalue weighted by atomic mass is 32.2. The second-order valence-corrected chi connectivity index (χ2v) is 5.26. The lowest BCUT2D eigenvalue weighted by Gasteiger charge is -2.25. The number of hydrogen-bond acceptors (Lipinski definition) is 2. The molecule has 0 rings (SSSR count). The van der Waals surface area contributed by atoms with Crippen LogP contribution in [0, 0.1) is 5.41 Å². The Labute approximate surface area is 74.6 Å². The van der Waals surface area contributed by atoms with Crippen LogP contribution in [-0.2, 0) is 0 Å². The van der Waals surface area contributed by atoms with Gasteiger partial charge in [0.05, 0.1) is 6.10 Å². The van der Waals surface area contributed by atoms with Gasteiger partial charge in [-0.3, -0.25) is 0 Å². The van der Waals surface area contributed by atoms with Crippen molar-refractivity contribution in [3.63, 3.8) is 0 Å². The Bertz CT molecular complexity index is 96.2. The smallest absolute Gasteiger partial charge is 0.0596 e. The average Bonchev–Trinajstić information content (AvgIpc) is 1.86. The molecule has 11 heavy (non-hydrogen) atoms. The molecule has 68 valence electrons. The molecule has 0 aliphatic heterocycles. The Balaban J connectivity index is 3.44. The first-order valence-electron chi connectivity index (χ1n) is 4.24. The number of aliphatic hydroxyl groups is 1. The van der Waals surface area contributed by atoms with E-state index in [2.05, 4.69) is 27.7 Å². The fourth-order valence-electron chi connectivity index (χ4n) is 0.772. The van der Waals surface area contributed by atoms with Crippen molar-refractivity contribution in [1.29, 1.82) is 0 Å². The highest BCUT2D eigenvalue weighted by molar-refractivity contribution is 7.99. The summed E-state index contributed by atoms with van der Waals surface area (Å²) in [6, 6.07) is 0. The van der Waals surface area contributed by atoms with Gasteiger partial charge >= 0.3 is 0 Å². The van der Waals surface area contributed by atoms with Crippen LogP contribution in [0.25, 0.3) is 0 Å². The molecule has 0 fully saturated rings. The molecule has 0 aromatic carbocycles. The zero-order chi connectivity index (χ0) is 8.91. The van der Waals surface area contributed by atoms with Crippen LogP contribution in [0.3, 0.4) is 0 Å². The molecule has 0 saturated carbocycles. The molecule has 0 saturated heterocycles. The molecule has 1 atom stereocenters. The summed E-state index contributed by atoms with van der Waals surface area (Å²) in [5.41, 5.74) is 0.0499. The molecular formula is C9H20OS. The van der Waals surface area contributed by atoms with Crippen molar-refractivity contribution >= 4 is 11.8 Å². The third-order valence-electron chi connectivity index (χ3n) is 1.74. The average molecular weight is 176 g/mol. The third kappa shape index (κ3) is 5.57. The predicted octanol–water partition coefficient (Wildman–Crippen LogP) is 2.54. The fraction of sp³-hybridized carbons (Fsp3) is 1.00. The second kappa shape index (κ2) is 5.04. The monoisotopic (exact) mass is 176 g/mol. The maximum atomic E-state index is 9.60. The van der Waals surface area contributed by atoms with Crippen molar-refractivity contribution in [2.45, 2.75) is 40.2 Å². The number of rotatable bonds is 4. The highest BCUT2D eigenvalue weighted by Crippen LogP contribution is 2.22. The van der Waals surface area contributed by atoms with Gasteiger partial charge in [-0.05, 0) is 23.3 Å². The van der Waals surface area contributed by atoms with E-state index >= 15 is 0 Å². The van der Waals surface area contributed by atoms with E-state index in [1.165, 1.54) is 0 Å². The van der Waals surface area contributed by atoms with E-state index in [0.717, 1.165) is 17.9 Å². The molecule has 0 aromatic heterocycles. The Morgan fingerprint density at radius 2 is 1.91 bits per heavy atom. The van der Waals surface area contributed by atoms with Gasteiger partial charge in [-0.15, -0.1) is 0 Å². The maximum absolute atomic E-state index is 9.60. The van der Waals surface area contributed by atoms with Gasteiger partial charge < -0.3 is 5.11 Å². The van der Waals surface area contributed by atoms with Crippen molar-refractivity contribution < 1.29 is 5.11 Å². The van der Waals surface area contributed by atoms with Crippen molar-refractivity contribution in [3.8, 4) is 0 Å². The lowest BCUT2D eigenvalue weighted by Crippen LogP contribution is -2.26. The normalized spacial score (nSPS) is 15.0. The molecule has 1 unspecified atom stereocenters. The number of aliphatic hydroxyl groups excluding tert-OH is 1. The minimum absolute atomic E-state index is 0.0499. The number of hydrogen-bond donors (Lipinski definition) is 1. The van der Waals surface area contributed by atoms with Crippen LogP contribution in [0.2, 0.25) is 0 Å².